The van der Waals surface area contributed by atoms with Gasteiger partial charge in [-0.05, 0) is 74.4 Å². The molecule has 0 fully saturated rings. The molecule has 0 radical (unpaired) electrons. The van der Waals surface area contributed by atoms with Crippen molar-refractivity contribution in [2.24, 2.45) is 5.16 Å². The molecule has 31 heavy (non-hydrogen) atoms. The summed E-state index contributed by atoms with van der Waals surface area (Å²) in [6, 6.07) is 14.0. The Kier molecular flexibility index (Phi) is 11.3. The van der Waals surface area contributed by atoms with Crippen LogP contribution in [-0.2, 0) is 11.3 Å². The highest BCUT2D eigenvalue weighted by molar-refractivity contribution is 6.55. The second-order valence-electron chi connectivity index (χ2n) is 7.17. The molecular formula is C25H31Cl2NO3. The molecule has 2 aromatic carbocycles. The number of rotatable bonds is 13. The summed E-state index contributed by atoms with van der Waals surface area (Å²) in [5, 5.41) is 4.19. The third-order valence-corrected chi connectivity index (χ3v) is 5.02. The van der Waals surface area contributed by atoms with Gasteiger partial charge in [0.15, 0.2) is 0 Å². The molecule has 0 aliphatic rings. The highest BCUT2D eigenvalue weighted by atomic mass is 35.5. The maximum absolute atomic E-state index is 6.08. The molecule has 0 N–H and O–H groups in total. The summed E-state index contributed by atoms with van der Waals surface area (Å²) in [4.78, 5) is 5.44. The van der Waals surface area contributed by atoms with Gasteiger partial charge in [0.05, 0.1) is 12.3 Å². The lowest BCUT2D eigenvalue weighted by atomic mass is 10.1. The van der Waals surface area contributed by atoms with Gasteiger partial charge in [-0.2, -0.15) is 0 Å². The Balaban J connectivity index is 1.71. The Morgan fingerprint density at radius 1 is 1.00 bits per heavy atom. The number of hydrogen-bond donors (Lipinski definition) is 0. The Labute approximate surface area is 195 Å². The first-order valence-corrected chi connectivity index (χ1v) is 11.4. The van der Waals surface area contributed by atoms with Gasteiger partial charge >= 0.3 is 0 Å². The van der Waals surface area contributed by atoms with Crippen molar-refractivity contribution in [1.82, 2.24) is 0 Å². The first-order chi connectivity index (χ1) is 15.0. The lowest BCUT2D eigenvalue weighted by Crippen LogP contribution is -2.04. The van der Waals surface area contributed by atoms with Gasteiger partial charge in [-0.1, -0.05) is 65.6 Å². The Morgan fingerprint density at radius 2 is 1.74 bits per heavy atom. The van der Waals surface area contributed by atoms with Gasteiger partial charge in [-0.3, -0.25) is 0 Å². The van der Waals surface area contributed by atoms with E-state index in [1.807, 2.05) is 56.3 Å². The molecule has 6 heteroatoms. The molecule has 0 spiro atoms. The van der Waals surface area contributed by atoms with E-state index in [1.165, 1.54) is 0 Å². The quantitative estimate of drug-likeness (QED) is 0.178. The second kappa shape index (κ2) is 14.0. The predicted octanol–water partition coefficient (Wildman–Crippen LogP) is 7.25. The average molecular weight is 464 g/mol. The van der Waals surface area contributed by atoms with Crippen LogP contribution in [-0.4, -0.2) is 25.5 Å². The Morgan fingerprint density at radius 3 is 2.45 bits per heavy atom. The van der Waals surface area contributed by atoms with E-state index in [0.717, 1.165) is 59.6 Å². The van der Waals surface area contributed by atoms with Crippen molar-refractivity contribution in [3.8, 4) is 11.5 Å². The zero-order valence-electron chi connectivity index (χ0n) is 18.5. The van der Waals surface area contributed by atoms with Crippen LogP contribution in [0.15, 0.2) is 58.2 Å². The highest BCUT2D eigenvalue weighted by Gasteiger charge is 2.09. The van der Waals surface area contributed by atoms with Gasteiger partial charge in [0.2, 0.25) is 0 Å². The number of halogens is 2. The van der Waals surface area contributed by atoms with Crippen molar-refractivity contribution >= 4 is 28.9 Å². The average Bonchev–Trinajstić information content (AvgIpc) is 2.76. The minimum absolute atomic E-state index is 0.205. The SMILES string of the molecule is CCc1cc(OCC=C(Cl)Cl)cc(C)c1OCCCCCON=C(C)c1ccccc1. The monoisotopic (exact) mass is 463 g/mol. The molecule has 0 bridgehead atoms. The van der Waals surface area contributed by atoms with E-state index >= 15 is 0 Å². The largest absolute Gasteiger partial charge is 0.493 e. The minimum atomic E-state index is 0.205. The van der Waals surface area contributed by atoms with Crippen LogP contribution < -0.4 is 9.47 Å². The first-order valence-electron chi connectivity index (χ1n) is 10.6. The highest BCUT2D eigenvalue weighted by Crippen LogP contribution is 2.30. The van der Waals surface area contributed by atoms with Crippen LogP contribution in [0.5, 0.6) is 11.5 Å². The molecule has 0 aliphatic carbocycles. The van der Waals surface area contributed by atoms with Crippen molar-refractivity contribution in [1.29, 1.82) is 0 Å². The van der Waals surface area contributed by atoms with Crippen LogP contribution in [0.2, 0.25) is 0 Å². The number of nitrogens with zero attached hydrogens (tertiary/aromatic N) is 1. The van der Waals surface area contributed by atoms with Crippen LogP contribution in [0.25, 0.3) is 0 Å². The summed E-state index contributed by atoms with van der Waals surface area (Å²) in [6.45, 7) is 7.71. The lowest BCUT2D eigenvalue weighted by molar-refractivity contribution is 0.138. The normalized spacial score (nSPS) is 11.2. The third kappa shape index (κ3) is 9.24. The van der Waals surface area contributed by atoms with Crippen LogP contribution in [0.3, 0.4) is 0 Å². The summed E-state index contributed by atoms with van der Waals surface area (Å²) in [5.41, 5.74) is 4.16. The summed E-state index contributed by atoms with van der Waals surface area (Å²) < 4.78 is 12.0. The zero-order chi connectivity index (χ0) is 22.5. The molecule has 0 aromatic heterocycles. The molecule has 0 saturated heterocycles. The van der Waals surface area contributed by atoms with Gasteiger partial charge in [0, 0.05) is 0 Å². The molecule has 0 aliphatic heterocycles. The number of ether oxygens (including phenoxy) is 2. The fourth-order valence-corrected chi connectivity index (χ4v) is 3.18. The second-order valence-corrected chi connectivity index (χ2v) is 8.18. The molecule has 0 saturated carbocycles. The Bertz CT molecular complexity index is 863. The van der Waals surface area contributed by atoms with Crippen LogP contribution in [0, 0.1) is 6.92 Å². The van der Waals surface area contributed by atoms with Gasteiger partial charge in [0.1, 0.15) is 29.2 Å². The zero-order valence-corrected chi connectivity index (χ0v) is 20.0. The number of aryl methyl sites for hydroxylation is 2. The first kappa shape index (κ1) is 25.1. The van der Waals surface area contributed by atoms with E-state index in [4.69, 9.17) is 37.5 Å². The minimum Gasteiger partial charge on any atom is -0.493 e. The Hall–Kier alpha value is -2.17. The van der Waals surface area contributed by atoms with Crippen LogP contribution in [0.4, 0.5) is 0 Å². The molecule has 168 valence electrons. The summed E-state index contributed by atoms with van der Waals surface area (Å²) in [5.74, 6) is 1.73. The molecule has 2 rings (SSSR count). The standard InChI is InChI=1S/C25H31Cl2NO3/c1-4-21-18-23(29-16-13-24(26)27)17-19(2)25(21)30-14-9-6-10-15-31-28-20(3)22-11-7-5-8-12-22/h5,7-8,11-13,17-18H,4,6,9-10,14-16H2,1-3H3. The van der Waals surface area contributed by atoms with Crippen molar-refractivity contribution in [3.63, 3.8) is 0 Å². The predicted molar refractivity (Wildman–Crippen MR) is 130 cm³/mol. The van der Waals surface area contributed by atoms with Gasteiger partial charge in [-0.25, -0.2) is 0 Å². The topological polar surface area (TPSA) is 40.0 Å². The number of benzene rings is 2. The van der Waals surface area contributed by atoms with Crippen molar-refractivity contribution < 1.29 is 14.3 Å². The van der Waals surface area contributed by atoms with Crippen LogP contribution >= 0.6 is 23.2 Å². The molecular weight excluding hydrogens is 433 g/mol. The number of hydrogen-bond acceptors (Lipinski definition) is 4. The van der Waals surface area contributed by atoms with Crippen molar-refractivity contribution in [2.75, 3.05) is 19.8 Å². The molecule has 0 amide bonds. The van der Waals surface area contributed by atoms with Crippen molar-refractivity contribution in [3.05, 3.63) is 69.7 Å². The van der Waals surface area contributed by atoms with E-state index in [-0.39, 0.29) is 4.49 Å². The van der Waals surface area contributed by atoms with Gasteiger partial charge < -0.3 is 14.3 Å². The maximum atomic E-state index is 6.08. The van der Waals surface area contributed by atoms with E-state index < -0.39 is 0 Å². The van der Waals surface area contributed by atoms with E-state index in [2.05, 4.69) is 12.1 Å². The molecule has 0 heterocycles. The molecule has 0 atom stereocenters. The fourth-order valence-electron chi connectivity index (χ4n) is 3.06. The number of oxime groups is 1. The van der Waals surface area contributed by atoms with Gasteiger partial charge in [-0.15, -0.1) is 0 Å². The van der Waals surface area contributed by atoms with Crippen LogP contribution in [0.1, 0.15) is 49.8 Å². The van der Waals surface area contributed by atoms with E-state index in [1.54, 1.807) is 6.08 Å². The van der Waals surface area contributed by atoms with E-state index in [0.29, 0.717) is 19.8 Å². The van der Waals surface area contributed by atoms with Gasteiger partial charge in [0.25, 0.3) is 0 Å². The number of unbranched alkanes of at least 4 members (excludes halogenated alkanes) is 2. The third-order valence-electron chi connectivity index (χ3n) is 4.71. The maximum Gasteiger partial charge on any atom is 0.125 e. The fraction of sp³-hybridized carbons (Fsp3) is 0.400. The molecule has 2 aromatic rings. The molecule has 0 unspecified atom stereocenters. The van der Waals surface area contributed by atoms with Crippen molar-refractivity contribution in [2.45, 2.75) is 46.5 Å². The summed E-state index contributed by atoms with van der Waals surface area (Å²) in [6.07, 6.45) is 5.41. The summed E-state index contributed by atoms with van der Waals surface area (Å²) >= 11 is 11.2. The van der Waals surface area contributed by atoms with E-state index in [9.17, 15) is 0 Å². The summed E-state index contributed by atoms with van der Waals surface area (Å²) in [7, 11) is 0. The smallest absolute Gasteiger partial charge is 0.125 e. The lowest BCUT2D eigenvalue weighted by Gasteiger charge is -2.15. The molecule has 4 nitrogen and oxygen atoms in total.